The van der Waals surface area contributed by atoms with Crippen LogP contribution in [0.15, 0.2) is 65.5 Å². The lowest BCUT2D eigenvalue weighted by Gasteiger charge is -2.23. The monoisotopic (exact) mass is 402 g/mol. The lowest BCUT2D eigenvalue weighted by atomic mass is 10.1. The maximum absolute atomic E-state index is 13.5. The van der Waals surface area contributed by atoms with Gasteiger partial charge < -0.3 is 14.9 Å². The number of halogens is 1. The third-order valence-corrected chi connectivity index (χ3v) is 5.52. The summed E-state index contributed by atoms with van der Waals surface area (Å²) in [7, 11) is 0. The summed E-state index contributed by atoms with van der Waals surface area (Å²) in [5.41, 5.74) is 2.46. The van der Waals surface area contributed by atoms with Crippen LogP contribution >= 0.6 is 0 Å². The van der Waals surface area contributed by atoms with E-state index in [4.69, 9.17) is 0 Å². The molecule has 1 fully saturated rings. The van der Waals surface area contributed by atoms with Crippen molar-refractivity contribution in [2.45, 2.75) is 18.9 Å². The maximum Gasteiger partial charge on any atom is 0.261 e. The van der Waals surface area contributed by atoms with Crippen molar-refractivity contribution >= 4 is 16.9 Å². The summed E-state index contributed by atoms with van der Waals surface area (Å²) in [4.78, 5) is 38.0. The van der Waals surface area contributed by atoms with Crippen LogP contribution in [0, 0.1) is 5.82 Å². The molecule has 4 aromatic rings. The van der Waals surface area contributed by atoms with Gasteiger partial charge in [0.25, 0.3) is 11.5 Å². The fourth-order valence-electron chi connectivity index (χ4n) is 4.04. The number of carbonyl (C=O) groups excluding carboxylic acids is 1. The highest BCUT2D eigenvalue weighted by Gasteiger charge is 2.33. The van der Waals surface area contributed by atoms with Gasteiger partial charge in [-0.25, -0.2) is 9.37 Å². The van der Waals surface area contributed by atoms with E-state index in [1.54, 1.807) is 23.1 Å². The molecular formula is C23H19FN4O2. The van der Waals surface area contributed by atoms with Crippen LogP contribution in [-0.2, 0) is 0 Å². The van der Waals surface area contributed by atoms with Gasteiger partial charge in [0, 0.05) is 12.2 Å². The molecule has 0 aliphatic carbocycles. The summed E-state index contributed by atoms with van der Waals surface area (Å²) in [5, 5.41) is 0. The summed E-state index contributed by atoms with van der Waals surface area (Å²) < 4.78 is 13.5. The second kappa shape index (κ2) is 7.26. The zero-order chi connectivity index (χ0) is 20.7. The molecule has 2 N–H and O–H groups in total. The smallest absolute Gasteiger partial charge is 0.261 e. The van der Waals surface area contributed by atoms with Crippen LogP contribution in [0.2, 0.25) is 0 Å². The Morgan fingerprint density at radius 1 is 1.07 bits per heavy atom. The Bertz CT molecular complexity index is 1300. The first-order chi connectivity index (χ1) is 14.6. The summed E-state index contributed by atoms with van der Waals surface area (Å²) in [6.07, 6.45) is 1.54. The van der Waals surface area contributed by atoms with E-state index in [2.05, 4.69) is 15.0 Å². The number of fused-ring (bicyclic) bond motifs is 1. The van der Waals surface area contributed by atoms with Gasteiger partial charge in [0.2, 0.25) is 0 Å². The highest BCUT2D eigenvalue weighted by molar-refractivity contribution is 5.94. The number of carbonyl (C=O) groups is 1. The van der Waals surface area contributed by atoms with Crippen LogP contribution in [0.5, 0.6) is 0 Å². The molecule has 2 aromatic heterocycles. The maximum atomic E-state index is 13.5. The number of aromatic nitrogens is 3. The molecule has 1 saturated heterocycles. The predicted molar refractivity (Wildman–Crippen MR) is 112 cm³/mol. The topological polar surface area (TPSA) is 81.8 Å². The number of benzene rings is 2. The Kier molecular flexibility index (Phi) is 4.43. The highest BCUT2D eigenvalue weighted by Crippen LogP contribution is 2.32. The molecule has 1 amide bonds. The molecule has 1 aliphatic heterocycles. The van der Waals surface area contributed by atoms with Crippen molar-refractivity contribution in [1.29, 1.82) is 0 Å². The van der Waals surface area contributed by atoms with Crippen LogP contribution in [0.1, 0.15) is 35.1 Å². The number of H-pyrrole nitrogens is 2. The fraction of sp³-hybridized carbons (Fsp3) is 0.174. The molecule has 0 radical (unpaired) electrons. The number of rotatable bonds is 3. The second-order valence-corrected chi connectivity index (χ2v) is 7.42. The van der Waals surface area contributed by atoms with Crippen molar-refractivity contribution in [3.8, 4) is 11.3 Å². The van der Waals surface area contributed by atoms with Crippen molar-refractivity contribution in [3.05, 3.63) is 88.2 Å². The average molecular weight is 402 g/mol. The van der Waals surface area contributed by atoms with Crippen LogP contribution in [0.3, 0.4) is 0 Å². The molecule has 1 aliphatic rings. The molecule has 3 heterocycles. The van der Waals surface area contributed by atoms with Crippen LogP contribution < -0.4 is 5.56 Å². The Hall–Kier alpha value is -3.74. The molecule has 0 bridgehead atoms. The number of hydrogen-bond acceptors (Lipinski definition) is 3. The Labute approximate surface area is 171 Å². The van der Waals surface area contributed by atoms with Crippen molar-refractivity contribution in [2.75, 3.05) is 6.54 Å². The van der Waals surface area contributed by atoms with E-state index in [1.165, 1.54) is 12.1 Å². The van der Waals surface area contributed by atoms with E-state index < -0.39 is 5.56 Å². The molecule has 0 saturated carbocycles. The molecule has 1 atom stereocenters. The summed E-state index contributed by atoms with van der Waals surface area (Å²) in [5.74, 6) is -0.0640. The lowest BCUT2D eigenvalue weighted by Crippen LogP contribution is -2.34. The first kappa shape index (κ1) is 18.3. The number of nitrogens with zero attached hydrogens (tertiary/aromatic N) is 2. The van der Waals surface area contributed by atoms with E-state index in [0.29, 0.717) is 29.1 Å². The van der Waals surface area contributed by atoms with E-state index in [1.807, 2.05) is 30.3 Å². The minimum Gasteiger partial charge on any atom is -0.340 e. The molecule has 30 heavy (non-hydrogen) atoms. The second-order valence-electron chi connectivity index (χ2n) is 7.42. The summed E-state index contributed by atoms with van der Waals surface area (Å²) in [6.45, 7) is 0.536. The average Bonchev–Trinajstić information content (AvgIpc) is 3.40. The van der Waals surface area contributed by atoms with Crippen molar-refractivity contribution in [1.82, 2.24) is 19.9 Å². The van der Waals surface area contributed by atoms with Gasteiger partial charge in [0.1, 0.15) is 17.2 Å². The molecule has 0 spiro atoms. The van der Waals surface area contributed by atoms with Crippen molar-refractivity contribution < 1.29 is 9.18 Å². The van der Waals surface area contributed by atoms with Gasteiger partial charge in [0.15, 0.2) is 0 Å². The minimum absolute atomic E-state index is 0.101. The molecule has 0 unspecified atom stereocenters. The lowest BCUT2D eigenvalue weighted by molar-refractivity contribution is 0.0728. The van der Waals surface area contributed by atoms with Crippen LogP contribution in [0.25, 0.3) is 22.3 Å². The Balaban J connectivity index is 1.45. The number of amides is 1. The number of pyridine rings is 1. The third kappa shape index (κ3) is 3.18. The van der Waals surface area contributed by atoms with Gasteiger partial charge in [-0.1, -0.05) is 30.3 Å². The number of aromatic amines is 2. The predicted octanol–water partition coefficient (Wildman–Crippen LogP) is 4.03. The molecule has 5 rings (SSSR count). The van der Waals surface area contributed by atoms with Gasteiger partial charge in [-0.2, -0.15) is 0 Å². The SMILES string of the molecule is O=C(c1ccc(-c2ccccc2)[nH]c1=O)N1CCC[C@H]1c1nc2ccc(F)cc2[nH]1. The fourth-order valence-corrected chi connectivity index (χ4v) is 4.04. The van der Waals surface area contributed by atoms with Crippen LogP contribution in [0.4, 0.5) is 4.39 Å². The molecule has 150 valence electrons. The normalized spacial score (nSPS) is 16.3. The standard InChI is InChI=1S/C23H19FN4O2/c24-15-8-10-18-19(13-15)26-21(25-18)20-7-4-12-28(20)23(30)16-9-11-17(27-22(16)29)14-5-2-1-3-6-14/h1-3,5-6,8-11,13,20H,4,7,12H2,(H,25,26)(H,27,29)/t20-/m0/s1. The minimum atomic E-state index is -0.418. The zero-order valence-electron chi connectivity index (χ0n) is 16.1. The molecule has 6 nitrogen and oxygen atoms in total. The van der Waals surface area contributed by atoms with Gasteiger partial charge in [-0.05, 0) is 48.7 Å². The number of hydrogen-bond donors (Lipinski definition) is 2. The molecule has 2 aromatic carbocycles. The molecule has 7 heteroatoms. The van der Waals surface area contributed by atoms with Gasteiger partial charge in [-0.15, -0.1) is 0 Å². The van der Waals surface area contributed by atoms with Gasteiger partial charge in [-0.3, -0.25) is 9.59 Å². The van der Waals surface area contributed by atoms with E-state index >= 15 is 0 Å². The molecular weight excluding hydrogens is 383 g/mol. The quantitative estimate of drug-likeness (QED) is 0.543. The van der Waals surface area contributed by atoms with E-state index in [9.17, 15) is 14.0 Å². The third-order valence-electron chi connectivity index (χ3n) is 5.52. The number of imidazole rings is 1. The first-order valence-electron chi connectivity index (χ1n) is 9.85. The highest BCUT2D eigenvalue weighted by atomic mass is 19.1. The number of likely N-dealkylation sites (tertiary alicyclic amines) is 1. The van der Waals surface area contributed by atoms with E-state index in [-0.39, 0.29) is 23.3 Å². The number of nitrogens with one attached hydrogen (secondary N) is 2. The van der Waals surface area contributed by atoms with Gasteiger partial charge >= 0.3 is 0 Å². The van der Waals surface area contributed by atoms with Crippen LogP contribution in [-0.4, -0.2) is 32.3 Å². The Morgan fingerprint density at radius 3 is 2.70 bits per heavy atom. The Morgan fingerprint density at radius 2 is 1.90 bits per heavy atom. The zero-order valence-corrected chi connectivity index (χ0v) is 16.1. The summed E-state index contributed by atoms with van der Waals surface area (Å²) in [6, 6.07) is 16.9. The van der Waals surface area contributed by atoms with Crippen molar-refractivity contribution in [2.24, 2.45) is 0 Å². The largest absolute Gasteiger partial charge is 0.340 e. The summed E-state index contributed by atoms with van der Waals surface area (Å²) >= 11 is 0. The van der Waals surface area contributed by atoms with E-state index in [0.717, 1.165) is 18.4 Å². The van der Waals surface area contributed by atoms with Crippen molar-refractivity contribution in [3.63, 3.8) is 0 Å². The first-order valence-corrected chi connectivity index (χ1v) is 9.85. The van der Waals surface area contributed by atoms with Gasteiger partial charge in [0.05, 0.1) is 17.1 Å².